The number of carbonyl (C=O) groups excluding carboxylic acids is 1. The summed E-state index contributed by atoms with van der Waals surface area (Å²) in [5.41, 5.74) is 10.8. The highest BCUT2D eigenvalue weighted by Gasteiger charge is 2.34. The number of ketones is 1. The van der Waals surface area contributed by atoms with E-state index in [4.69, 9.17) is 0 Å². The fourth-order valence-corrected chi connectivity index (χ4v) is 5.21. The number of aryl methyl sites for hydroxylation is 2. The molecule has 0 saturated heterocycles. The number of hydrogen-bond donors (Lipinski definition) is 0. The Bertz CT molecular complexity index is 1630. The lowest BCUT2D eigenvalue weighted by Crippen LogP contribution is -2.01. The van der Waals surface area contributed by atoms with Gasteiger partial charge in [-0.25, -0.2) is 0 Å². The van der Waals surface area contributed by atoms with Gasteiger partial charge in [0.05, 0.1) is 5.69 Å². The number of aromatic nitrogens is 1. The van der Waals surface area contributed by atoms with Crippen LogP contribution in [0.25, 0.3) is 27.6 Å². The molecule has 1 aromatic heterocycles. The molecule has 0 saturated carbocycles. The van der Waals surface area contributed by atoms with Gasteiger partial charge in [-0.2, -0.15) is 0 Å². The van der Waals surface area contributed by atoms with Crippen LogP contribution in [0.5, 0.6) is 0 Å². The van der Waals surface area contributed by atoms with E-state index in [1.807, 2.05) is 49.4 Å². The molecular weight excluding hydrogens is 426 g/mol. The first-order valence-electron chi connectivity index (χ1n) is 11.9. The van der Waals surface area contributed by atoms with Gasteiger partial charge in [0.25, 0.3) is 0 Å². The Kier molecular flexibility index (Phi) is 5.08. The van der Waals surface area contributed by atoms with E-state index in [1.165, 1.54) is 16.5 Å². The summed E-state index contributed by atoms with van der Waals surface area (Å²) in [6.45, 7) is 2.04. The maximum absolute atomic E-state index is 13.6. The van der Waals surface area contributed by atoms with Gasteiger partial charge >= 0.3 is 0 Å². The van der Waals surface area contributed by atoms with Crippen molar-refractivity contribution in [3.05, 3.63) is 149 Å². The third kappa shape index (κ3) is 3.46. The molecule has 0 bridgehead atoms. The second-order valence-electron chi connectivity index (χ2n) is 9.07. The van der Waals surface area contributed by atoms with Gasteiger partial charge < -0.3 is 4.57 Å². The van der Waals surface area contributed by atoms with Gasteiger partial charge in [0.15, 0.2) is 5.78 Å². The van der Waals surface area contributed by atoms with Gasteiger partial charge in [0, 0.05) is 40.2 Å². The van der Waals surface area contributed by atoms with Crippen LogP contribution >= 0.6 is 0 Å². The van der Waals surface area contributed by atoms with Crippen LogP contribution in [0.2, 0.25) is 0 Å². The maximum atomic E-state index is 13.6. The summed E-state index contributed by atoms with van der Waals surface area (Å²) < 4.78 is 2.23. The molecule has 168 valence electrons. The Morgan fingerprint density at radius 2 is 1.26 bits per heavy atom. The molecule has 0 fully saturated rings. The Morgan fingerprint density at radius 1 is 0.686 bits per heavy atom. The molecule has 0 unspecified atom stereocenters. The van der Waals surface area contributed by atoms with Gasteiger partial charge in [-0.3, -0.25) is 4.79 Å². The van der Waals surface area contributed by atoms with Gasteiger partial charge in [-0.05, 0) is 35.8 Å². The van der Waals surface area contributed by atoms with Crippen LogP contribution in [0.3, 0.4) is 0 Å². The molecule has 0 N–H and O–H groups in total. The summed E-state index contributed by atoms with van der Waals surface area (Å²) in [7, 11) is 2.10. The van der Waals surface area contributed by atoms with Crippen LogP contribution < -0.4 is 0 Å². The summed E-state index contributed by atoms with van der Waals surface area (Å²) in [6, 6.07) is 37.3. The number of rotatable bonds is 4. The minimum absolute atomic E-state index is 0.0129. The van der Waals surface area contributed by atoms with Crippen LogP contribution in [-0.4, -0.2) is 10.4 Å². The van der Waals surface area contributed by atoms with Gasteiger partial charge in [0.1, 0.15) is 0 Å². The Morgan fingerprint density at radius 3 is 1.91 bits per heavy atom. The number of para-hydroxylation sites is 1. The molecule has 1 heterocycles. The summed E-state index contributed by atoms with van der Waals surface area (Å²) >= 11 is 0. The number of fused-ring (bicyclic) bond motifs is 3. The van der Waals surface area contributed by atoms with Crippen LogP contribution in [0.4, 0.5) is 0 Å². The van der Waals surface area contributed by atoms with E-state index < -0.39 is 0 Å². The van der Waals surface area contributed by atoms with E-state index in [1.54, 1.807) is 0 Å². The van der Waals surface area contributed by atoms with E-state index in [0.29, 0.717) is 5.56 Å². The quantitative estimate of drug-likeness (QED) is 0.202. The van der Waals surface area contributed by atoms with Crippen LogP contribution in [-0.2, 0) is 7.05 Å². The Hall–Kier alpha value is -4.43. The van der Waals surface area contributed by atoms with Crippen LogP contribution in [0.15, 0.2) is 115 Å². The zero-order valence-electron chi connectivity index (χ0n) is 19.8. The van der Waals surface area contributed by atoms with Crippen molar-refractivity contribution >= 4 is 33.4 Å². The molecule has 2 heteroatoms. The fourth-order valence-electron chi connectivity index (χ4n) is 5.21. The van der Waals surface area contributed by atoms with Crippen molar-refractivity contribution in [2.45, 2.75) is 6.92 Å². The first kappa shape index (κ1) is 21.1. The molecule has 5 aromatic rings. The van der Waals surface area contributed by atoms with Crippen molar-refractivity contribution in [2.75, 3.05) is 0 Å². The van der Waals surface area contributed by atoms with Gasteiger partial charge in [0.2, 0.25) is 0 Å². The SMILES string of the molecule is Cc1ccc(C(=O)/C=C2/C(c3ccccc3)=C(c3ccccc3)c3c2n(C)c2ccccc32)cc1. The van der Waals surface area contributed by atoms with Crippen molar-refractivity contribution in [3.63, 3.8) is 0 Å². The topological polar surface area (TPSA) is 22.0 Å². The predicted molar refractivity (Wildman–Crippen MR) is 145 cm³/mol. The molecule has 2 nitrogen and oxygen atoms in total. The van der Waals surface area contributed by atoms with E-state index in [9.17, 15) is 4.79 Å². The van der Waals surface area contributed by atoms with Crippen molar-refractivity contribution in [1.82, 2.24) is 4.57 Å². The molecular formula is C33H25NO. The average Bonchev–Trinajstić information content (AvgIpc) is 3.38. The highest BCUT2D eigenvalue weighted by molar-refractivity contribution is 6.30. The highest BCUT2D eigenvalue weighted by atomic mass is 16.1. The Balaban J connectivity index is 1.71. The monoisotopic (exact) mass is 451 g/mol. The number of benzene rings is 4. The van der Waals surface area contributed by atoms with E-state index >= 15 is 0 Å². The summed E-state index contributed by atoms with van der Waals surface area (Å²) in [5.74, 6) is 0.0129. The normalized spacial score (nSPS) is 14.1. The standard InChI is InChI=1S/C33H25NO/c1-22-17-19-23(20-18-22)29(35)21-27-30(24-11-5-3-6-12-24)31(25-13-7-4-8-14-25)32-26-15-9-10-16-28(26)34(2)33(27)32/h3-21H,1-2H3/b27-21-. The molecule has 4 aromatic carbocycles. The minimum Gasteiger partial charge on any atom is -0.343 e. The minimum atomic E-state index is 0.0129. The molecule has 0 radical (unpaired) electrons. The Labute approximate surface area is 205 Å². The lowest BCUT2D eigenvalue weighted by molar-refractivity contribution is 0.104. The number of nitrogens with zero attached hydrogens (tertiary/aromatic N) is 1. The van der Waals surface area contributed by atoms with Crippen molar-refractivity contribution in [2.24, 2.45) is 7.05 Å². The smallest absolute Gasteiger partial charge is 0.186 e. The third-order valence-electron chi connectivity index (χ3n) is 6.87. The molecule has 35 heavy (non-hydrogen) atoms. The molecule has 1 aliphatic rings. The largest absolute Gasteiger partial charge is 0.343 e. The molecule has 1 aliphatic carbocycles. The molecule has 0 amide bonds. The fraction of sp³-hybridized carbons (Fsp3) is 0.0606. The second kappa shape index (κ2) is 8.41. The zero-order valence-corrected chi connectivity index (χ0v) is 19.8. The van der Waals surface area contributed by atoms with Crippen LogP contribution in [0.1, 0.15) is 38.3 Å². The van der Waals surface area contributed by atoms with Gasteiger partial charge in [-0.15, -0.1) is 0 Å². The van der Waals surface area contributed by atoms with E-state index in [2.05, 4.69) is 84.4 Å². The number of hydrogen-bond acceptors (Lipinski definition) is 1. The van der Waals surface area contributed by atoms with Gasteiger partial charge in [-0.1, -0.05) is 109 Å². The number of allylic oxidation sites excluding steroid dienone is 3. The van der Waals surface area contributed by atoms with Crippen molar-refractivity contribution in [3.8, 4) is 0 Å². The number of carbonyl (C=O) groups is 1. The molecule has 0 aliphatic heterocycles. The zero-order chi connectivity index (χ0) is 23.9. The summed E-state index contributed by atoms with van der Waals surface area (Å²) in [6.07, 6.45) is 1.83. The summed E-state index contributed by atoms with van der Waals surface area (Å²) in [5, 5.41) is 1.20. The van der Waals surface area contributed by atoms with Crippen molar-refractivity contribution in [1.29, 1.82) is 0 Å². The second-order valence-corrected chi connectivity index (χ2v) is 9.07. The molecule has 0 atom stereocenters. The first-order chi connectivity index (χ1) is 17.1. The van der Waals surface area contributed by atoms with E-state index in [0.717, 1.165) is 39.0 Å². The average molecular weight is 452 g/mol. The van der Waals surface area contributed by atoms with Crippen LogP contribution in [0, 0.1) is 6.92 Å². The molecule has 0 spiro atoms. The maximum Gasteiger partial charge on any atom is 0.186 e. The third-order valence-corrected chi connectivity index (χ3v) is 6.87. The first-order valence-corrected chi connectivity index (χ1v) is 11.9. The lowest BCUT2D eigenvalue weighted by Gasteiger charge is -2.13. The lowest BCUT2D eigenvalue weighted by atomic mass is 9.91. The molecule has 6 rings (SSSR count). The van der Waals surface area contributed by atoms with E-state index in [-0.39, 0.29) is 5.78 Å². The predicted octanol–water partition coefficient (Wildman–Crippen LogP) is 7.73. The van der Waals surface area contributed by atoms with Crippen molar-refractivity contribution < 1.29 is 4.79 Å². The summed E-state index contributed by atoms with van der Waals surface area (Å²) in [4.78, 5) is 13.6. The highest BCUT2D eigenvalue weighted by Crippen LogP contribution is 2.52.